The van der Waals surface area contributed by atoms with Crippen LogP contribution >= 0.6 is 7.82 Å². The Morgan fingerprint density at radius 3 is 2.36 bits per heavy atom. The molecule has 4 rings (SSSR count). The topological polar surface area (TPSA) is 189 Å². The van der Waals surface area contributed by atoms with Gasteiger partial charge in [-0.1, -0.05) is 84.0 Å². The molecule has 0 spiro atoms. The van der Waals surface area contributed by atoms with E-state index in [2.05, 4.69) is 16.9 Å². The SMILES string of the molecule is CCCCCCCCCCCCCC[C@H]1OC(C)(C)O[C@H]1[C@H](COP(=O)(O)OC[C@@H]1C[C@H](F)[C@H](n2ccc3c(=O)[nH]c(N)nc32)O1)NC(=O)C(F)(F)F. The predicted molar refractivity (Wildman–Crippen MR) is 187 cm³/mol. The predicted octanol–water partition coefficient (Wildman–Crippen LogP) is 6.72. The van der Waals surface area contributed by atoms with Gasteiger partial charge in [0.2, 0.25) is 5.95 Å². The number of anilines is 1. The highest BCUT2D eigenvalue weighted by Crippen LogP contribution is 2.45. The van der Waals surface area contributed by atoms with Crippen molar-refractivity contribution in [1.82, 2.24) is 19.9 Å². The van der Waals surface area contributed by atoms with Gasteiger partial charge in [0.1, 0.15) is 12.3 Å². The molecule has 7 atom stereocenters. The summed E-state index contributed by atoms with van der Waals surface area (Å²) in [6.45, 7) is 3.84. The van der Waals surface area contributed by atoms with E-state index in [0.717, 1.165) is 25.7 Å². The Balaban J connectivity index is 1.29. The third kappa shape index (κ3) is 13.0. The summed E-state index contributed by atoms with van der Waals surface area (Å²) in [6.07, 6.45) is 3.94. The van der Waals surface area contributed by atoms with Crippen molar-refractivity contribution in [2.75, 3.05) is 18.9 Å². The number of ether oxygens (including phenoxy) is 3. The molecule has 4 heterocycles. The van der Waals surface area contributed by atoms with Gasteiger partial charge in [-0.05, 0) is 26.3 Å². The third-order valence-corrected chi connectivity index (χ3v) is 10.3. The van der Waals surface area contributed by atoms with E-state index in [0.29, 0.717) is 12.8 Å². The van der Waals surface area contributed by atoms with E-state index in [4.69, 9.17) is 29.0 Å². The van der Waals surface area contributed by atoms with E-state index in [1.165, 1.54) is 61.8 Å². The lowest BCUT2D eigenvalue weighted by Gasteiger charge is -2.28. The fourth-order valence-corrected chi connectivity index (χ4v) is 7.57. The molecule has 1 amide bonds. The summed E-state index contributed by atoms with van der Waals surface area (Å²) in [5.41, 5.74) is 5.17. The molecule has 0 saturated carbocycles. The molecule has 2 aromatic heterocycles. The van der Waals surface area contributed by atoms with Crippen molar-refractivity contribution in [2.45, 2.75) is 159 Å². The summed E-state index contributed by atoms with van der Waals surface area (Å²) >= 11 is 0. The zero-order chi connectivity index (χ0) is 38.8. The molecule has 2 aromatic rings. The number of carbonyl (C=O) groups excluding carboxylic acids is 1. The number of halogens is 4. The van der Waals surface area contributed by atoms with Crippen molar-refractivity contribution >= 4 is 30.7 Å². The van der Waals surface area contributed by atoms with Crippen LogP contribution in [0.5, 0.6) is 0 Å². The molecule has 2 fully saturated rings. The van der Waals surface area contributed by atoms with Crippen LogP contribution in [-0.4, -0.2) is 81.0 Å². The Bertz CT molecular complexity index is 1570. The lowest BCUT2D eigenvalue weighted by molar-refractivity contribution is -0.177. The average molecular weight is 784 g/mol. The summed E-state index contributed by atoms with van der Waals surface area (Å²) in [4.78, 5) is 41.0. The molecule has 0 aliphatic carbocycles. The number of nitrogens with zero attached hydrogens (tertiary/aromatic N) is 2. The minimum Gasteiger partial charge on any atom is -0.369 e. The summed E-state index contributed by atoms with van der Waals surface area (Å²) in [6, 6.07) is -0.141. The molecule has 0 aromatic carbocycles. The van der Waals surface area contributed by atoms with Crippen LogP contribution in [0, 0.1) is 0 Å². The summed E-state index contributed by atoms with van der Waals surface area (Å²) in [5, 5.41) is 1.98. The number of fused-ring (bicyclic) bond motifs is 1. The standard InChI is InChI=1S/C34H54F4N5O9P/c1-4-5-6-7-8-9-10-11-12-13-14-15-16-26-27(52-33(2,3)51-26)25(40-31(45)34(36,37)38)21-49-53(46,47)48-20-22-19-24(35)30(50-22)43-18-17-23-28(43)41-32(39)42-29(23)44/h17-18,22,24-27,30H,4-16,19-21H2,1-3H3,(H,40,45)(H,46,47)(H3,39,41,42,44)/t22-,24-,25-,26+,27-,30+/m0/s1. The lowest BCUT2D eigenvalue weighted by Crippen LogP contribution is -2.53. The maximum absolute atomic E-state index is 15.1. The van der Waals surface area contributed by atoms with E-state index in [1.807, 2.05) is 5.32 Å². The smallest absolute Gasteiger partial charge is 0.369 e. The van der Waals surface area contributed by atoms with Crippen LogP contribution in [0.4, 0.5) is 23.5 Å². The largest absolute Gasteiger partial charge is 0.472 e. The first-order chi connectivity index (χ1) is 25.0. The average Bonchev–Trinajstić information content (AvgIpc) is 3.75. The number of hydrogen-bond acceptors (Lipinski definition) is 10. The van der Waals surface area contributed by atoms with Crippen LogP contribution in [0.1, 0.15) is 117 Å². The van der Waals surface area contributed by atoms with Crippen molar-refractivity contribution in [3.05, 3.63) is 22.6 Å². The second kappa shape index (κ2) is 19.3. The van der Waals surface area contributed by atoms with Crippen LogP contribution in [0.15, 0.2) is 17.1 Å². The Kier molecular flexibility index (Phi) is 15.7. The highest BCUT2D eigenvalue weighted by Gasteiger charge is 2.49. The molecule has 0 radical (unpaired) electrons. The number of alkyl halides is 4. The van der Waals surface area contributed by atoms with E-state index in [-0.39, 0.29) is 23.4 Å². The van der Waals surface area contributed by atoms with Crippen molar-refractivity contribution in [3.63, 3.8) is 0 Å². The molecule has 302 valence electrons. The molecule has 14 nitrogen and oxygen atoms in total. The highest BCUT2D eigenvalue weighted by molar-refractivity contribution is 7.47. The minimum absolute atomic E-state index is 0.0713. The zero-order valence-corrected chi connectivity index (χ0v) is 31.5. The number of hydrogen-bond donors (Lipinski definition) is 4. The number of phosphoric ester groups is 1. The van der Waals surface area contributed by atoms with Gasteiger partial charge in [0.15, 0.2) is 17.7 Å². The van der Waals surface area contributed by atoms with Gasteiger partial charge in [-0.15, -0.1) is 0 Å². The first-order valence-electron chi connectivity index (χ1n) is 18.5. The first-order valence-corrected chi connectivity index (χ1v) is 20.0. The van der Waals surface area contributed by atoms with Crippen LogP contribution in [-0.2, 0) is 32.6 Å². The number of aromatic amines is 1. The molecular weight excluding hydrogens is 729 g/mol. The summed E-state index contributed by atoms with van der Waals surface area (Å²) < 4.78 is 97.0. The Morgan fingerprint density at radius 2 is 1.74 bits per heavy atom. The maximum Gasteiger partial charge on any atom is 0.472 e. The van der Waals surface area contributed by atoms with Gasteiger partial charge in [-0.25, -0.2) is 8.96 Å². The highest BCUT2D eigenvalue weighted by atomic mass is 31.2. The van der Waals surface area contributed by atoms with Crippen LogP contribution < -0.4 is 16.6 Å². The van der Waals surface area contributed by atoms with Crippen molar-refractivity contribution in [3.8, 4) is 0 Å². The van der Waals surface area contributed by atoms with Gasteiger partial charge in [0.25, 0.3) is 5.56 Å². The van der Waals surface area contributed by atoms with Gasteiger partial charge in [0.05, 0.1) is 36.8 Å². The number of H-pyrrole nitrogens is 1. The number of nitrogens with two attached hydrogens (primary N) is 1. The lowest BCUT2D eigenvalue weighted by atomic mass is 9.99. The quantitative estimate of drug-likeness (QED) is 0.0564. The monoisotopic (exact) mass is 783 g/mol. The van der Waals surface area contributed by atoms with Crippen molar-refractivity contribution < 1.29 is 55.1 Å². The van der Waals surface area contributed by atoms with Crippen molar-refractivity contribution in [2.24, 2.45) is 0 Å². The van der Waals surface area contributed by atoms with Crippen LogP contribution in [0.2, 0.25) is 0 Å². The van der Waals surface area contributed by atoms with Gasteiger partial charge < -0.3 is 34.7 Å². The summed E-state index contributed by atoms with van der Waals surface area (Å²) in [5.74, 6) is -3.69. The van der Waals surface area contributed by atoms with E-state index in [1.54, 1.807) is 13.8 Å². The minimum atomic E-state index is -5.25. The molecule has 2 saturated heterocycles. The van der Waals surface area contributed by atoms with E-state index >= 15 is 4.39 Å². The summed E-state index contributed by atoms with van der Waals surface area (Å²) in [7, 11) is -4.99. The van der Waals surface area contributed by atoms with Gasteiger partial charge in [-0.2, -0.15) is 18.2 Å². The van der Waals surface area contributed by atoms with Gasteiger partial charge in [0, 0.05) is 12.6 Å². The zero-order valence-electron chi connectivity index (χ0n) is 30.6. The second-order valence-corrected chi connectivity index (χ2v) is 15.7. The van der Waals surface area contributed by atoms with E-state index < -0.39 is 81.2 Å². The maximum atomic E-state index is 15.1. The molecular formula is C34H54F4N5O9P. The van der Waals surface area contributed by atoms with Crippen LogP contribution in [0.25, 0.3) is 11.0 Å². The molecule has 5 N–H and O–H groups in total. The Morgan fingerprint density at radius 1 is 1.11 bits per heavy atom. The fourth-order valence-electron chi connectivity index (χ4n) is 6.79. The number of amides is 1. The number of phosphoric acid groups is 1. The van der Waals surface area contributed by atoms with Crippen molar-refractivity contribution in [1.29, 1.82) is 0 Å². The van der Waals surface area contributed by atoms with E-state index in [9.17, 15) is 32.2 Å². The fraction of sp³-hybridized carbons (Fsp3) is 0.794. The number of aromatic nitrogens is 3. The van der Waals surface area contributed by atoms with Gasteiger partial charge >= 0.3 is 19.9 Å². The third-order valence-electron chi connectivity index (χ3n) is 9.38. The number of rotatable bonds is 22. The molecule has 0 bridgehead atoms. The molecule has 2 aliphatic rings. The molecule has 1 unspecified atom stereocenters. The molecule has 19 heteroatoms. The molecule has 2 aliphatic heterocycles. The normalized spacial score (nSPS) is 24.8. The first kappa shape index (κ1) is 43.1. The Hall–Kier alpha value is -2.60. The number of carbonyl (C=O) groups is 1. The van der Waals surface area contributed by atoms with Gasteiger partial charge in [-0.3, -0.25) is 23.6 Å². The number of unbranched alkanes of at least 4 members (excludes halogenated alkanes) is 11. The molecule has 53 heavy (non-hydrogen) atoms. The van der Waals surface area contributed by atoms with Crippen LogP contribution in [0.3, 0.4) is 0 Å². The second-order valence-electron chi connectivity index (χ2n) is 14.3. The number of nitrogen functional groups attached to an aromatic ring is 1. The number of nitrogens with one attached hydrogen (secondary N) is 2. The Labute approximate surface area is 306 Å².